The molecule has 0 spiro atoms. The summed E-state index contributed by atoms with van der Waals surface area (Å²) >= 11 is 0. The van der Waals surface area contributed by atoms with Crippen molar-refractivity contribution in [3.63, 3.8) is 0 Å². The number of nitrogens with one attached hydrogen (secondary N) is 2. The van der Waals surface area contributed by atoms with E-state index in [4.69, 9.17) is 5.11 Å². The van der Waals surface area contributed by atoms with Gasteiger partial charge in [-0.25, -0.2) is 8.42 Å². The maximum Gasteiger partial charge on any atom is 0.321 e. The minimum Gasteiger partial charge on any atom is -0.480 e. The van der Waals surface area contributed by atoms with Crippen LogP contribution in [0.15, 0.2) is 11.1 Å². The Labute approximate surface area is 86.6 Å². The minimum atomic E-state index is -3.82. The molecule has 8 heteroatoms. The van der Waals surface area contributed by atoms with Gasteiger partial charge in [-0.2, -0.15) is 9.82 Å². The van der Waals surface area contributed by atoms with Crippen LogP contribution in [0.4, 0.5) is 0 Å². The number of aromatic nitrogens is 2. The van der Waals surface area contributed by atoms with Gasteiger partial charge < -0.3 is 5.11 Å². The lowest BCUT2D eigenvalue weighted by atomic mass is 10.4. The van der Waals surface area contributed by atoms with Gasteiger partial charge in [0.25, 0.3) is 0 Å². The molecule has 1 heterocycles. The van der Waals surface area contributed by atoms with E-state index >= 15 is 0 Å². The molecule has 3 N–H and O–H groups in total. The molecule has 0 amide bonds. The summed E-state index contributed by atoms with van der Waals surface area (Å²) in [5.41, 5.74) is 0.361. The van der Waals surface area contributed by atoms with Gasteiger partial charge in [-0.1, -0.05) is 0 Å². The summed E-state index contributed by atoms with van der Waals surface area (Å²) in [4.78, 5) is 10.4. The Morgan fingerprint density at radius 2 is 2.27 bits per heavy atom. The van der Waals surface area contributed by atoms with Gasteiger partial charge in [0.15, 0.2) is 0 Å². The van der Waals surface area contributed by atoms with Gasteiger partial charge >= 0.3 is 5.97 Å². The van der Waals surface area contributed by atoms with Gasteiger partial charge in [0.2, 0.25) is 10.0 Å². The summed E-state index contributed by atoms with van der Waals surface area (Å²) in [6.45, 7) is 2.78. The van der Waals surface area contributed by atoms with Gasteiger partial charge in [0.05, 0.1) is 11.9 Å². The van der Waals surface area contributed by atoms with Gasteiger partial charge in [-0.15, -0.1) is 0 Å². The summed E-state index contributed by atoms with van der Waals surface area (Å²) in [6, 6.07) is -1.18. The van der Waals surface area contributed by atoms with E-state index < -0.39 is 22.0 Å². The number of nitrogens with zero attached hydrogens (tertiary/aromatic N) is 1. The van der Waals surface area contributed by atoms with E-state index in [1.807, 2.05) is 4.72 Å². The smallest absolute Gasteiger partial charge is 0.321 e. The standard InChI is InChI=1S/C7H11N3O4S/c1-4-6(3-8-9-4)15(13,14)10-5(2)7(11)12/h3,5,10H,1-2H3,(H,8,9)(H,11,12)/t5-/m0/s1. The van der Waals surface area contributed by atoms with E-state index in [2.05, 4.69) is 10.2 Å². The van der Waals surface area contributed by atoms with E-state index in [0.717, 1.165) is 6.20 Å². The van der Waals surface area contributed by atoms with Crippen LogP contribution in [0.5, 0.6) is 0 Å². The maximum atomic E-state index is 11.6. The second-order valence-electron chi connectivity index (χ2n) is 3.04. The fourth-order valence-corrected chi connectivity index (χ4v) is 2.29. The van der Waals surface area contributed by atoms with Crippen LogP contribution < -0.4 is 4.72 Å². The summed E-state index contributed by atoms with van der Waals surface area (Å²) < 4.78 is 25.2. The molecule has 0 saturated carbocycles. The molecule has 0 aliphatic carbocycles. The van der Waals surface area contributed by atoms with Crippen molar-refractivity contribution in [3.05, 3.63) is 11.9 Å². The zero-order valence-electron chi connectivity index (χ0n) is 8.18. The molecule has 15 heavy (non-hydrogen) atoms. The van der Waals surface area contributed by atoms with Crippen LogP contribution in [0.25, 0.3) is 0 Å². The number of carboxylic acids is 1. The van der Waals surface area contributed by atoms with E-state index in [1.54, 1.807) is 0 Å². The fraction of sp³-hybridized carbons (Fsp3) is 0.429. The Morgan fingerprint density at radius 1 is 1.67 bits per heavy atom. The minimum absolute atomic E-state index is 0.0457. The van der Waals surface area contributed by atoms with Crippen LogP contribution in [0.3, 0.4) is 0 Å². The lowest BCUT2D eigenvalue weighted by Crippen LogP contribution is -2.38. The lowest BCUT2D eigenvalue weighted by molar-refractivity contribution is -0.138. The molecule has 0 aliphatic heterocycles. The number of aryl methyl sites for hydroxylation is 1. The molecule has 0 bridgehead atoms. The Balaban J connectivity index is 2.96. The summed E-state index contributed by atoms with van der Waals surface area (Å²) in [5.74, 6) is -1.24. The predicted molar refractivity (Wildman–Crippen MR) is 50.7 cm³/mol. The molecule has 7 nitrogen and oxygen atoms in total. The van der Waals surface area contributed by atoms with Crippen molar-refractivity contribution in [3.8, 4) is 0 Å². The number of carboxylic acid groups (broad SMARTS) is 1. The fourth-order valence-electron chi connectivity index (χ4n) is 0.957. The Kier molecular flexibility index (Phi) is 3.10. The first-order valence-corrected chi connectivity index (χ1v) is 5.58. The molecule has 0 aromatic carbocycles. The molecule has 1 rings (SSSR count). The highest BCUT2D eigenvalue weighted by molar-refractivity contribution is 7.89. The number of aliphatic carboxylic acids is 1. The number of carbonyl (C=O) groups is 1. The third-order valence-electron chi connectivity index (χ3n) is 1.78. The highest BCUT2D eigenvalue weighted by atomic mass is 32.2. The molecule has 0 aliphatic rings. The Morgan fingerprint density at radius 3 is 2.67 bits per heavy atom. The van der Waals surface area contributed by atoms with Crippen LogP contribution in [0, 0.1) is 6.92 Å². The van der Waals surface area contributed by atoms with Crippen molar-refractivity contribution >= 4 is 16.0 Å². The van der Waals surface area contributed by atoms with Crippen molar-refractivity contribution in [1.82, 2.24) is 14.9 Å². The maximum absolute atomic E-state index is 11.6. The van der Waals surface area contributed by atoms with Crippen LogP contribution in [-0.2, 0) is 14.8 Å². The van der Waals surface area contributed by atoms with E-state index in [-0.39, 0.29) is 4.90 Å². The van der Waals surface area contributed by atoms with Gasteiger partial charge in [-0.05, 0) is 13.8 Å². The highest BCUT2D eigenvalue weighted by Crippen LogP contribution is 2.11. The number of H-pyrrole nitrogens is 1. The second-order valence-corrected chi connectivity index (χ2v) is 4.72. The molecular weight excluding hydrogens is 222 g/mol. The van der Waals surface area contributed by atoms with Gasteiger partial charge in [0.1, 0.15) is 10.9 Å². The molecule has 0 unspecified atom stereocenters. The third kappa shape index (κ3) is 2.54. The average Bonchev–Trinajstić information content (AvgIpc) is 2.50. The first-order chi connectivity index (χ1) is 6.84. The van der Waals surface area contributed by atoms with Crippen molar-refractivity contribution < 1.29 is 18.3 Å². The predicted octanol–water partition coefficient (Wildman–Crippen LogP) is -0.530. The van der Waals surface area contributed by atoms with Crippen LogP contribution in [0.2, 0.25) is 0 Å². The molecule has 0 fully saturated rings. The Bertz CT molecular complexity index is 464. The van der Waals surface area contributed by atoms with Gasteiger partial charge in [0, 0.05) is 0 Å². The Hall–Kier alpha value is -1.41. The first-order valence-electron chi connectivity index (χ1n) is 4.09. The zero-order valence-corrected chi connectivity index (χ0v) is 9.00. The van der Waals surface area contributed by atoms with Gasteiger partial charge in [-0.3, -0.25) is 9.89 Å². The van der Waals surface area contributed by atoms with Crippen LogP contribution in [-0.4, -0.2) is 35.7 Å². The average molecular weight is 233 g/mol. The quantitative estimate of drug-likeness (QED) is 0.647. The topological polar surface area (TPSA) is 112 Å². The van der Waals surface area contributed by atoms with E-state index in [9.17, 15) is 13.2 Å². The number of hydrogen-bond acceptors (Lipinski definition) is 4. The summed E-state index contributed by atoms with van der Waals surface area (Å²) in [7, 11) is -3.82. The molecule has 0 radical (unpaired) electrons. The third-order valence-corrected chi connectivity index (χ3v) is 3.43. The molecule has 0 saturated heterocycles. The van der Waals surface area contributed by atoms with E-state index in [0.29, 0.717) is 5.69 Å². The molecule has 84 valence electrons. The van der Waals surface area contributed by atoms with Crippen molar-refractivity contribution in [1.29, 1.82) is 0 Å². The molecule has 1 aromatic rings. The zero-order chi connectivity index (χ0) is 11.6. The summed E-state index contributed by atoms with van der Waals surface area (Å²) in [5, 5.41) is 14.6. The summed E-state index contributed by atoms with van der Waals surface area (Å²) in [6.07, 6.45) is 1.13. The molecule has 1 aromatic heterocycles. The number of sulfonamides is 1. The highest BCUT2D eigenvalue weighted by Gasteiger charge is 2.23. The number of hydrogen-bond donors (Lipinski definition) is 3. The largest absolute Gasteiger partial charge is 0.480 e. The lowest BCUT2D eigenvalue weighted by Gasteiger charge is -2.08. The van der Waals surface area contributed by atoms with Crippen molar-refractivity contribution in [2.24, 2.45) is 0 Å². The molecule has 1 atom stereocenters. The van der Waals surface area contributed by atoms with Crippen LogP contribution >= 0.6 is 0 Å². The second kappa shape index (κ2) is 3.99. The monoisotopic (exact) mass is 233 g/mol. The normalized spacial score (nSPS) is 13.7. The van der Waals surface area contributed by atoms with Crippen molar-refractivity contribution in [2.75, 3.05) is 0 Å². The van der Waals surface area contributed by atoms with E-state index in [1.165, 1.54) is 13.8 Å². The van der Waals surface area contributed by atoms with Crippen LogP contribution in [0.1, 0.15) is 12.6 Å². The SMILES string of the molecule is Cc1[nH]ncc1S(=O)(=O)N[C@@H](C)C(=O)O. The number of aromatic amines is 1. The molecular formula is C7H11N3O4S. The number of rotatable bonds is 4. The first kappa shape index (κ1) is 11.7. The van der Waals surface area contributed by atoms with Crippen molar-refractivity contribution in [2.45, 2.75) is 24.8 Å².